The Morgan fingerprint density at radius 2 is 1.72 bits per heavy atom. The van der Waals surface area contributed by atoms with Gasteiger partial charge in [0.15, 0.2) is 0 Å². The summed E-state index contributed by atoms with van der Waals surface area (Å²) in [6.45, 7) is 6.59. The van der Waals surface area contributed by atoms with E-state index in [1.807, 2.05) is 23.1 Å². The summed E-state index contributed by atoms with van der Waals surface area (Å²) in [4.78, 5) is 3.90. The Morgan fingerprint density at radius 1 is 0.917 bits per heavy atom. The summed E-state index contributed by atoms with van der Waals surface area (Å²) in [5, 5.41) is 2.82. The van der Waals surface area contributed by atoms with Crippen molar-refractivity contribution in [2.45, 2.75) is 63.8 Å². The second-order valence-electron chi connectivity index (χ2n) is 10.3. The van der Waals surface area contributed by atoms with E-state index in [-0.39, 0.29) is 0 Å². The van der Waals surface area contributed by atoms with Crippen LogP contribution >= 0.6 is 23.1 Å². The van der Waals surface area contributed by atoms with Gasteiger partial charge < -0.3 is 4.90 Å². The van der Waals surface area contributed by atoms with Gasteiger partial charge in [-0.1, -0.05) is 47.4 Å². The molecule has 36 heavy (non-hydrogen) atoms. The lowest BCUT2D eigenvalue weighted by Gasteiger charge is -2.32. The number of aryl methyl sites for hydroxylation is 1. The predicted molar refractivity (Wildman–Crippen MR) is 154 cm³/mol. The molecule has 0 saturated heterocycles. The molecule has 0 fully saturated rings. The quantitative estimate of drug-likeness (QED) is 0.325. The van der Waals surface area contributed by atoms with E-state index in [9.17, 15) is 0 Å². The molecule has 2 nitrogen and oxygen atoms in total. The Balaban J connectivity index is 1.29. The number of anilines is 1. The third-order valence-electron chi connectivity index (χ3n) is 8.48. The molecule has 7 rings (SSSR count). The zero-order chi connectivity index (χ0) is 24.2. The van der Waals surface area contributed by atoms with Crippen molar-refractivity contribution in [3.05, 3.63) is 92.5 Å². The Kier molecular flexibility index (Phi) is 5.70. The second kappa shape index (κ2) is 9.08. The number of para-hydroxylation sites is 2. The van der Waals surface area contributed by atoms with Crippen LogP contribution in [0.15, 0.2) is 92.4 Å². The van der Waals surface area contributed by atoms with Crippen molar-refractivity contribution in [1.82, 2.24) is 0 Å². The van der Waals surface area contributed by atoms with Crippen LogP contribution in [0.1, 0.15) is 57.4 Å². The number of nitrogens with zero attached hydrogens (tertiary/aromatic N) is 2. The Morgan fingerprint density at radius 3 is 2.61 bits per heavy atom. The van der Waals surface area contributed by atoms with Crippen LogP contribution in [0.2, 0.25) is 0 Å². The normalized spacial score (nSPS) is 23.4. The number of hydrogen-bond acceptors (Lipinski definition) is 3. The lowest BCUT2D eigenvalue weighted by atomic mass is 9.73. The van der Waals surface area contributed by atoms with E-state index in [1.54, 1.807) is 27.9 Å². The highest BCUT2D eigenvalue weighted by molar-refractivity contribution is 8.03. The molecule has 1 atom stereocenters. The maximum atomic E-state index is 2.55. The fourth-order valence-electron chi connectivity index (χ4n) is 6.85. The molecular weight excluding hydrogens is 477 g/mol. The first-order chi connectivity index (χ1) is 17.7. The van der Waals surface area contributed by atoms with Crippen LogP contribution in [0.3, 0.4) is 0 Å². The molecule has 3 aliphatic carbocycles. The fourth-order valence-corrected chi connectivity index (χ4v) is 9.23. The van der Waals surface area contributed by atoms with Gasteiger partial charge in [0, 0.05) is 23.6 Å². The van der Waals surface area contributed by atoms with Crippen molar-refractivity contribution in [3.63, 3.8) is 0 Å². The predicted octanol–water partition coefficient (Wildman–Crippen LogP) is 8.66. The molecule has 3 aromatic rings. The van der Waals surface area contributed by atoms with Crippen molar-refractivity contribution in [3.8, 4) is 0 Å². The molecule has 0 amide bonds. The van der Waals surface area contributed by atoms with Crippen molar-refractivity contribution in [2.24, 2.45) is 5.92 Å². The van der Waals surface area contributed by atoms with Gasteiger partial charge in [-0.2, -0.15) is 4.57 Å². The first kappa shape index (κ1) is 22.6. The summed E-state index contributed by atoms with van der Waals surface area (Å²) < 4.78 is 3.90. The van der Waals surface area contributed by atoms with E-state index in [4.69, 9.17) is 0 Å². The molecule has 2 heterocycles. The second-order valence-corrected chi connectivity index (χ2v) is 12.4. The summed E-state index contributed by atoms with van der Waals surface area (Å²) >= 11 is 3.90. The topological polar surface area (TPSA) is 7.12 Å². The molecule has 0 spiro atoms. The molecule has 4 aliphatic rings. The molecule has 0 bridgehead atoms. The summed E-state index contributed by atoms with van der Waals surface area (Å²) in [5.74, 6) is 0.771. The number of hydrogen-bond donors (Lipinski definition) is 0. The smallest absolute Gasteiger partial charge is 0.263 e. The van der Waals surface area contributed by atoms with Gasteiger partial charge in [-0.05, 0) is 110 Å². The lowest BCUT2D eigenvalue weighted by Crippen LogP contribution is -2.33. The molecule has 1 unspecified atom stereocenters. The third kappa shape index (κ3) is 3.56. The van der Waals surface area contributed by atoms with Crippen LogP contribution in [0.5, 0.6) is 0 Å². The number of fused-ring (bicyclic) bond motifs is 2. The van der Waals surface area contributed by atoms with Gasteiger partial charge in [0.05, 0.1) is 10.7 Å². The van der Waals surface area contributed by atoms with Gasteiger partial charge in [0.25, 0.3) is 5.01 Å². The maximum Gasteiger partial charge on any atom is 0.263 e. The zero-order valence-electron chi connectivity index (χ0n) is 21.2. The highest BCUT2D eigenvalue weighted by atomic mass is 32.2. The van der Waals surface area contributed by atoms with Crippen LogP contribution in [-0.2, 0) is 6.54 Å². The molecule has 2 aromatic carbocycles. The Bertz CT molecular complexity index is 1500. The number of thioether (sulfide) groups is 1. The minimum absolute atomic E-state index is 0.771. The summed E-state index contributed by atoms with van der Waals surface area (Å²) in [6, 6.07) is 17.7. The van der Waals surface area contributed by atoms with E-state index in [1.165, 1.54) is 69.4 Å². The highest BCUT2D eigenvalue weighted by Gasteiger charge is 2.37. The van der Waals surface area contributed by atoms with Gasteiger partial charge in [-0.25, -0.2) is 0 Å². The zero-order valence-corrected chi connectivity index (χ0v) is 22.9. The van der Waals surface area contributed by atoms with Gasteiger partial charge in [0.2, 0.25) is 5.52 Å². The summed E-state index contributed by atoms with van der Waals surface area (Å²) in [5.41, 5.74) is 11.1. The Labute approximate surface area is 222 Å². The van der Waals surface area contributed by atoms with Crippen LogP contribution in [0.4, 0.5) is 5.69 Å². The minimum Gasteiger partial charge on any atom is -0.335 e. The van der Waals surface area contributed by atoms with Crippen LogP contribution in [0.25, 0.3) is 16.3 Å². The first-order valence-corrected chi connectivity index (χ1v) is 15.2. The minimum atomic E-state index is 0.771. The van der Waals surface area contributed by atoms with Gasteiger partial charge in [0.1, 0.15) is 11.2 Å². The molecule has 1 aliphatic heterocycles. The van der Waals surface area contributed by atoms with Crippen molar-refractivity contribution >= 4 is 45.1 Å². The fraction of sp³-hybridized carbons (Fsp3) is 0.344. The van der Waals surface area contributed by atoms with Crippen LogP contribution in [-0.4, -0.2) is 6.54 Å². The van der Waals surface area contributed by atoms with E-state index < -0.39 is 0 Å². The van der Waals surface area contributed by atoms with Crippen LogP contribution < -0.4 is 9.47 Å². The largest absolute Gasteiger partial charge is 0.335 e. The molecular formula is C32H33N2S2+. The summed E-state index contributed by atoms with van der Waals surface area (Å²) in [7, 11) is 0. The average molecular weight is 510 g/mol. The molecule has 1 aromatic heterocycles. The molecule has 182 valence electrons. The Hall–Kier alpha value is -2.56. The van der Waals surface area contributed by atoms with Crippen molar-refractivity contribution in [2.75, 3.05) is 11.4 Å². The van der Waals surface area contributed by atoms with Crippen molar-refractivity contribution < 1.29 is 4.57 Å². The average Bonchev–Trinajstić information content (AvgIpc) is 3.60. The molecule has 0 N–H and O–H groups in total. The number of aromatic nitrogens is 1. The van der Waals surface area contributed by atoms with Gasteiger partial charge in [-0.3, -0.25) is 0 Å². The number of allylic oxidation sites excluding steroid dienone is 6. The lowest BCUT2D eigenvalue weighted by molar-refractivity contribution is -0.665. The van der Waals surface area contributed by atoms with E-state index >= 15 is 0 Å². The SMILES string of the molecule is CCN1C(=CC2=C3CCC4=C3C(CCC4=Cc3sc4ccccc4[n+]3CC)CC2)Sc2ccccc21. The van der Waals surface area contributed by atoms with Gasteiger partial charge in [-0.15, -0.1) is 0 Å². The van der Waals surface area contributed by atoms with E-state index in [0.717, 1.165) is 19.0 Å². The summed E-state index contributed by atoms with van der Waals surface area (Å²) in [6.07, 6.45) is 12.6. The molecule has 0 radical (unpaired) electrons. The number of rotatable bonds is 4. The molecule has 0 saturated carbocycles. The first-order valence-electron chi connectivity index (χ1n) is 13.6. The van der Waals surface area contributed by atoms with Crippen molar-refractivity contribution in [1.29, 1.82) is 0 Å². The van der Waals surface area contributed by atoms with E-state index in [2.05, 4.69) is 84.0 Å². The standard InChI is InChI=1S/C32H33N2S2/c1-3-33-26-9-5-7-11-28(26)35-30(33)19-22-15-13-21-14-16-23(25-18-17-24(22)32(21)25)20-31-34(4-2)27-10-6-8-12-29(27)36-31/h5-12,19-21H,3-4,13-18H2,1-2H3/q+1. The number of thiazole rings is 1. The van der Waals surface area contributed by atoms with Gasteiger partial charge >= 0.3 is 0 Å². The number of benzene rings is 2. The maximum absolute atomic E-state index is 2.55. The highest BCUT2D eigenvalue weighted by Crippen LogP contribution is 2.54. The van der Waals surface area contributed by atoms with Crippen LogP contribution in [0, 0.1) is 5.92 Å². The monoisotopic (exact) mass is 509 g/mol. The third-order valence-corrected chi connectivity index (χ3v) is 10.7. The van der Waals surface area contributed by atoms with E-state index in [0.29, 0.717) is 0 Å². The molecule has 4 heteroatoms.